The normalized spacial score (nSPS) is 28.4. The molecule has 22 heavy (non-hydrogen) atoms. The molecule has 0 bridgehead atoms. The molecule has 0 saturated carbocycles. The third-order valence-corrected chi connectivity index (χ3v) is 4.42. The lowest BCUT2D eigenvalue weighted by atomic mass is 10.0. The van der Waals surface area contributed by atoms with Gasteiger partial charge in [0.05, 0.1) is 24.3 Å². The molecule has 0 aromatic carbocycles. The summed E-state index contributed by atoms with van der Waals surface area (Å²) in [4.78, 5) is 2.39. The molecule has 118 valence electrons. The van der Waals surface area contributed by atoms with Gasteiger partial charge in [-0.25, -0.2) is 0 Å². The maximum absolute atomic E-state index is 6.16. The Morgan fingerprint density at radius 1 is 1.27 bits per heavy atom. The number of aromatic nitrogens is 3. The average molecular weight is 304 g/mol. The molecule has 0 spiro atoms. The van der Waals surface area contributed by atoms with E-state index in [1.54, 1.807) is 0 Å². The SMILES string of the molecule is Cc1cc(CN2C[C@H]3C[C@@H](Cc4nnc(C)o4)O[C@H]3C2)no1. The maximum Gasteiger partial charge on any atom is 0.219 e. The fraction of sp³-hybridized carbons (Fsp3) is 0.667. The summed E-state index contributed by atoms with van der Waals surface area (Å²) >= 11 is 0. The van der Waals surface area contributed by atoms with Gasteiger partial charge in [-0.2, -0.15) is 0 Å². The van der Waals surface area contributed by atoms with E-state index in [1.807, 2.05) is 19.9 Å². The second-order valence-corrected chi connectivity index (χ2v) is 6.33. The topological polar surface area (TPSA) is 77.4 Å². The summed E-state index contributed by atoms with van der Waals surface area (Å²) in [6, 6.07) is 2.00. The Morgan fingerprint density at radius 2 is 2.18 bits per heavy atom. The first-order chi connectivity index (χ1) is 10.7. The van der Waals surface area contributed by atoms with Crippen molar-refractivity contribution in [3.8, 4) is 0 Å². The van der Waals surface area contributed by atoms with Crippen molar-refractivity contribution in [2.45, 2.75) is 45.4 Å². The lowest BCUT2D eigenvalue weighted by Gasteiger charge is -2.17. The van der Waals surface area contributed by atoms with Gasteiger partial charge < -0.3 is 13.7 Å². The summed E-state index contributed by atoms with van der Waals surface area (Å²) in [6.45, 7) is 6.57. The van der Waals surface area contributed by atoms with E-state index >= 15 is 0 Å². The van der Waals surface area contributed by atoms with E-state index in [9.17, 15) is 0 Å². The minimum atomic E-state index is 0.200. The van der Waals surface area contributed by atoms with Gasteiger partial charge >= 0.3 is 0 Å². The molecule has 0 amide bonds. The summed E-state index contributed by atoms with van der Waals surface area (Å²) in [5.41, 5.74) is 0.996. The van der Waals surface area contributed by atoms with E-state index in [0.29, 0.717) is 23.8 Å². The Kier molecular flexibility index (Phi) is 3.46. The molecule has 2 aromatic heterocycles. The largest absolute Gasteiger partial charge is 0.426 e. The second-order valence-electron chi connectivity index (χ2n) is 6.33. The van der Waals surface area contributed by atoms with Gasteiger partial charge in [0, 0.05) is 38.5 Å². The Labute approximate surface area is 128 Å². The van der Waals surface area contributed by atoms with Crippen molar-refractivity contribution in [3.63, 3.8) is 0 Å². The van der Waals surface area contributed by atoms with E-state index in [0.717, 1.165) is 43.9 Å². The summed E-state index contributed by atoms with van der Waals surface area (Å²) in [5.74, 6) is 2.74. The van der Waals surface area contributed by atoms with Crippen molar-refractivity contribution in [1.82, 2.24) is 20.3 Å². The van der Waals surface area contributed by atoms with E-state index < -0.39 is 0 Å². The minimum Gasteiger partial charge on any atom is -0.426 e. The highest BCUT2D eigenvalue weighted by atomic mass is 16.5. The summed E-state index contributed by atoms with van der Waals surface area (Å²) in [6.07, 6.45) is 2.28. The highest BCUT2D eigenvalue weighted by Crippen LogP contribution is 2.34. The highest BCUT2D eigenvalue weighted by molar-refractivity contribution is 5.05. The van der Waals surface area contributed by atoms with E-state index in [1.165, 1.54) is 0 Å². The lowest BCUT2D eigenvalue weighted by Crippen LogP contribution is -2.25. The molecule has 2 saturated heterocycles. The number of hydrogen-bond acceptors (Lipinski definition) is 7. The second kappa shape index (κ2) is 5.48. The first-order valence-electron chi connectivity index (χ1n) is 7.74. The van der Waals surface area contributed by atoms with Crippen LogP contribution in [0.5, 0.6) is 0 Å². The first-order valence-corrected chi connectivity index (χ1v) is 7.74. The van der Waals surface area contributed by atoms with Crippen LogP contribution in [-0.4, -0.2) is 45.6 Å². The summed E-state index contributed by atoms with van der Waals surface area (Å²) < 4.78 is 16.7. The number of fused-ring (bicyclic) bond motifs is 1. The van der Waals surface area contributed by atoms with Gasteiger partial charge in [0.1, 0.15) is 5.76 Å². The third-order valence-electron chi connectivity index (χ3n) is 4.42. The van der Waals surface area contributed by atoms with Crippen LogP contribution >= 0.6 is 0 Å². The molecule has 0 radical (unpaired) electrons. The van der Waals surface area contributed by atoms with Crippen LogP contribution in [0.4, 0.5) is 0 Å². The zero-order valence-electron chi connectivity index (χ0n) is 12.9. The van der Waals surface area contributed by atoms with Crippen LogP contribution < -0.4 is 0 Å². The van der Waals surface area contributed by atoms with Crippen molar-refractivity contribution in [2.24, 2.45) is 5.92 Å². The number of nitrogens with zero attached hydrogens (tertiary/aromatic N) is 4. The summed E-state index contributed by atoms with van der Waals surface area (Å²) in [7, 11) is 0. The number of likely N-dealkylation sites (tertiary alicyclic amines) is 1. The van der Waals surface area contributed by atoms with Gasteiger partial charge in [0.15, 0.2) is 0 Å². The Bertz CT molecular complexity index is 585. The molecule has 2 fully saturated rings. The van der Waals surface area contributed by atoms with Crippen molar-refractivity contribution in [3.05, 3.63) is 29.3 Å². The van der Waals surface area contributed by atoms with Gasteiger partial charge in [-0.1, -0.05) is 5.16 Å². The Morgan fingerprint density at radius 3 is 2.86 bits per heavy atom. The molecule has 7 heteroatoms. The van der Waals surface area contributed by atoms with Crippen LogP contribution in [0.2, 0.25) is 0 Å². The van der Waals surface area contributed by atoms with Crippen LogP contribution in [0, 0.1) is 19.8 Å². The molecule has 2 aromatic rings. The molecule has 7 nitrogen and oxygen atoms in total. The van der Waals surface area contributed by atoms with Gasteiger partial charge in [-0.05, 0) is 13.3 Å². The van der Waals surface area contributed by atoms with Crippen LogP contribution in [0.15, 0.2) is 15.0 Å². The van der Waals surface area contributed by atoms with E-state index in [-0.39, 0.29) is 6.10 Å². The van der Waals surface area contributed by atoms with E-state index in [4.69, 9.17) is 13.7 Å². The smallest absolute Gasteiger partial charge is 0.219 e. The van der Waals surface area contributed by atoms with Crippen LogP contribution in [0.3, 0.4) is 0 Å². The minimum absolute atomic E-state index is 0.200. The van der Waals surface area contributed by atoms with Gasteiger partial charge in [-0.3, -0.25) is 4.90 Å². The van der Waals surface area contributed by atoms with Gasteiger partial charge in [-0.15, -0.1) is 10.2 Å². The highest BCUT2D eigenvalue weighted by Gasteiger charge is 2.42. The van der Waals surface area contributed by atoms with Crippen molar-refractivity contribution >= 4 is 0 Å². The average Bonchev–Trinajstić information content (AvgIpc) is 3.18. The molecule has 2 aliphatic rings. The molecular weight excluding hydrogens is 284 g/mol. The lowest BCUT2D eigenvalue weighted by molar-refractivity contribution is 0.0348. The van der Waals surface area contributed by atoms with Crippen LogP contribution in [-0.2, 0) is 17.7 Å². The summed E-state index contributed by atoms with van der Waals surface area (Å²) in [5, 5.41) is 12.0. The molecule has 3 atom stereocenters. The Hall–Kier alpha value is -1.73. The zero-order valence-corrected chi connectivity index (χ0v) is 12.9. The molecule has 0 aliphatic carbocycles. The molecule has 0 unspecified atom stereocenters. The predicted molar refractivity (Wildman–Crippen MR) is 76.0 cm³/mol. The molecular formula is C15H20N4O3. The van der Waals surface area contributed by atoms with E-state index in [2.05, 4.69) is 20.3 Å². The number of rotatable bonds is 4. The van der Waals surface area contributed by atoms with Crippen LogP contribution in [0.25, 0.3) is 0 Å². The third kappa shape index (κ3) is 2.78. The molecule has 4 rings (SSSR count). The number of aryl methyl sites for hydroxylation is 2. The molecule has 0 N–H and O–H groups in total. The fourth-order valence-electron chi connectivity index (χ4n) is 3.55. The first kappa shape index (κ1) is 13.9. The van der Waals surface area contributed by atoms with Crippen molar-refractivity contribution in [2.75, 3.05) is 13.1 Å². The quantitative estimate of drug-likeness (QED) is 0.847. The number of ether oxygens (including phenoxy) is 1. The predicted octanol–water partition coefficient (Wildman–Crippen LogP) is 1.51. The Balaban J connectivity index is 1.30. The van der Waals surface area contributed by atoms with Gasteiger partial charge in [0.25, 0.3) is 0 Å². The molecule has 2 aliphatic heterocycles. The van der Waals surface area contributed by atoms with Crippen molar-refractivity contribution < 1.29 is 13.7 Å². The monoisotopic (exact) mass is 304 g/mol. The fourth-order valence-corrected chi connectivity index (χ4v) is 3.55. The van der Waals surface area contributed by atoms with Crippen LogP contribution in [0.1, 0.15) is 29.7 Å². The van der Waals surface area contributed by atoms with Crippen molar-refractivity contribution in [1.29, 1.82) is 0 Å². The zero-order chi connectivity index (χ0) is 15.1. The molecule has 4 heterocycles. The maximum atomic E-state index is 6.16. The standard InChI is InChI=1S/C15H20N4O3/c1-9-3-12(18-22-9)7-19-6-11-4-13(21-14(11)8-19)5-15-17-16-10(2)20-15/h3,11,13-14H,4-8H2,1-2H3/t11-,13+,14+/m1/s1. The van der Waals surface area contributed by atoms with Gasteiger partial charge in [0.2, 0.25) is 11.8 Å². The number of hydrogen-bond donors (Lipinski definition) is 0.